The molecule has 1 amide bonds. The van der Waals surface area contributed by atoms with Gasteiger partial charge >= 0.3 is 5.97 Å². The van der Waals surface area contributed by atoms with Gasteiger partial charge in [0.2, 0.25) is 0 Å². The average molecular weight is 415 g/mol. The van der Waals surface area contributed by atoms with E-state index in [2.05, 4.69) is 0 Å². The fourth-order valence-corrected chi connectivity index (χ4v) is 4.00. The molecule has 1 heterocycles. The molecular formula is C20H17NO5S2. The van der Waals surface area contributed by atoms with Crippen molar-refractivity contribution in [1.82, 2.24) is 0 Å². The smallest absolute Gasteiger partial charge is 0.307 e. The Kier molecular flexibility index (Phi) is 6.01. The molecule has 8 heteroatoms. The number of carboxylic acid groups (broad SMARTS) is 1. The van der Waals surface area contributed by atoms with Gasteiger partial charge in [0, 0.05) is 11.6 Å². The molecule has 144 valence electrons. The Balaban J connectivity index is 1.87. The number of methoxy groups -OCH3 is 2. The van der Waals surface area contributed by atoms with Crippen LogP contribution < -0.4 is 14.4 Å². The van der Waals surface area contributed by atoms with E-state index in [1.165, 1.54) is 16.7 Å². The molecule has 1 aliphatic heterocycles. The second kappa shape index (κ2) is 8.45. The summed E-state index contributed by atoms with van der Waals surface area (Å²) >= 11 is 6.58. The van der Waals surface area contributed by atoms with Crippen molar-refractivity contribution in [2.75, 3.05) is 19.1 Å². The number of benzene rings is 2. The fourth-order valence-electron chi connectivity index (χ4n) is 2.71. The Bertz CT molecular complexity index is 969. The van der Waals surface area contributed by atoms with E-state index in [0.717, 1.165) is 5.56 Å². The lowest BCUT2D eigenvalue weighted by atomic mass is 10.1. The second-order valence-electron chi connectivity index (χ2n) is 5.86. The molecular weight excluding hydrogens is 398 g/mol. The fraction of sp³-hybridized carbons (Fsp3) is 0.150. The molecule has 6 nitrogen and oxygen atoms in total. The van der Waals surface area contributed by atoms with Crippen LogP contribution in [0, 0.1) is 0 Å². The van der Waals surface area contributed by atoms with E-state index in [1.54, 1.807) is 56.7 Å². The number of thiocarbonyl (C=S) groups is 1. The molecule has 1 fully saturated rings. The summed E-state index contributed by atoms with van der Waals surface area (Å²) in [6.45, 7) is 0. The molecule has 1 saturated heterocycles. The van der Waals surface area contributed by atoms with Gasteiger partial charge in [-0.05, 0) is 35.9 Å². The highest BCUT2D eigenvalue weighted by Crippen LogP contribution is 2.37. The number of hydrogen-bond acceptors (Lipinski definition) is 6. The summed E-state index contributed by atoms with van der Waals surface area (Å²) in [5, 5.41) is 8.87. The van der Waals surface area contributed by atoms with Crippen LogP contribution in [0.2, 0.25) is 0 Å². The van der Waals surface area contributed by atoms with E-state index >= 15 is 0 Å². The largest absolute Gasteiger partial charge is 0.497 e. The predicted octanol–water partition coefficient (Wildman–Crippen LogP) is 3.74. The predicted molar refractivity (Wildman–Crippen MR) is 113 cm³/mol. The minimum Gasteiger partial charge on any atom is -0.497 e. The summed E-state index contributed by atoms with van der Waals surface area (Å²) in [6, 6.07) is 12.1. The van der Waals surface area contributed by atoms with E-state index in [1.807, 2.05) is 6.07 Å². The molecule has 1 N–H and O–H groups in total. The number of anilines is 1. The normalized spacial score (nSPS) is 15.2. The summed E-state index contributed by atoms with van der Waals surface area (Å²) in [5.41, 5.74) is 1.99. The Morgan fingerprint density at radius 2 is 1.89 bits per heavy atom. The van der Waals surface area contributed by atoms with Crippen molar-refractivity contribution in [3.05, 3.63) is 58.5 Å². The number of rotatable bonds is 6. The lowest BCUT2D eigenvalue weighted by Crippen LogP contribution is -2.27. The zero-order valence-corrected chi connectivity index (χ0v) is 16.8. The first kappa shape index (κ1) is 19.9. The van der Waals surface area contributed by atoms with E-state index < -0.39 is 5.97 Å². The van der Waals surface area contributed by atoms with Crippen molar-refractivity contribution in [1.29, 1.82) is 0 Å². The quantitative estimate of drug-likeness (QED) is 0.569. The standard InChI is InChI=1S/C20H17NO5S2/c1-25-15-8-5-13(16(11-15)26-2)10-17-19(24)21(20(27)28-17)14-6-3-12(4-7-14)9-18(22)23/h3-8,10-11H,9H2,1-2H3,(H,22,23)/b17-10-. The van der Waals surface area contributed by atoms with Crippen molar-refractivity contribution >= 4 is 51.9 Å². The van der Waals surface area contributed by atoms with Gasteiger partial charge in [0.05, 0.1) is 31.2 Å². The highest BCUT2D eigenvalue weighted by atomic mass is 32.2. The molecule has 2 aromatic rings. The van der Waals surface area contributed by atoms with Gasteiger partial charge in [0.25, 0.3) is 5.91 Å². The van der Waals surface area contributed by atoms with Crippen LogP contribution in [0.5, 0.6) is 11.5 Å². The highest BCUT2D eigenvalue weighted by Gasteiger charge is 2.33. The van der Waals surface area contributed by atoms with Gasteiger partial charge in [-0.15, -0.1) is 0 Å². The van der Waals surface area contributed by atoms with Crippen LogP contribution in [-0.2, 0) is 16.0 Å². The molecule has 0 spiro atoms. The molecule has 0 unspecified atom stereocenters. The van der Waals surface area contributed by atoms with Crippen molar-refractivity contribution in [2.24, 2.45) is 0 Å². The van der Waals surface area contributed by atoms with Crippen LogP contribution in [0.25, 0.3) is 6.08 Å². The van der Waals surface area contributed by atoms with E-state index in [0.29, 0.717) is 32.0 Å². The summed E-state index contributed by atoms with van der Waals surface area (Å²) in [6.07, 6.45) is 1.66. The molecule has 3 rings (SSSR count). The molecule has 1 aliphatic rings. The van der Waals surface area contributed by atoms with Gasteiger partial charge in [-0.25, -0.2) is 0 Å². The minimum atomic E-state index is -0.908. The summed E-state index contributed by atoms with van der Waals surface area (Å²) in [7, 11) is 3.12. The maximum absolute atomic E-state index is 12.9. The van der Waals surface area contributed by atoms with Crippen LogP contribution in [0.15, 0.2) is 47.4 Å². The number of carboxylic acids is 1. The zero-order valence-electron chi connectivity index (χ0n) is 15.2. The zero-order chi connectivity index (χ0) is 20.3. The monoisotopic (exact) mass is 415 g/mol. The molecule has 0 bridgehead atoms. The van der Waals surface area contributed by atoms with E-state index in [4.69, 9.17) is 26.8 Å². The highest BCUT2D eigenvalue weighted by molar-refractivity contribution is 8.27. The number of amides is 1. The first-order chi connectivity index (χ1) is 13.4. The second-order valence-corrected chi connectivity index (χ2v) is 7.54. The molecule has 0 saturated carbocycles. The maximum Gasteiger partial charge on any atom is 0.307 e. The third-order valence-electron chi connectivity index (χ3n) is 4.07. The van der Waals surface area contributed by atoms with E-state index in [9.17, 15) is 9.59 Å². The van der Waals surface area contributed by atoms with Crippen molar-refractivity contribution < 1.29 is 24.2 Å². The number of carbonyl (C=O) groups excluding carboxylic acids is 1. The van der Waals surface area contributed by atoms with Gasteiger partial charge in [0.1, 0.15) is 11.5 Å². The number of nitrogens with zero attached hydrogens (tertiary/aromatic N) is 1. The van der Waals surface area contributed by atoms with E-state index in [-0.39, 0.29) is 12.3 Å². The first-order valence-electron chi connectivity index (χ1n) is 8.23. The van der Waals surface area contributed by atoms with Crippen LogP contribution in [-0.4, -0.2) is 35.5 Å². The maximum atomic E-state index is 12.9. The Labute approximate surface area is 171 Å². The summed E-state index contributed by atoms with van der Waals surface area (Å²) < 4.78 is 11.0. The molecule has 0 radical (unpaired) electrons. The lowest BCUT2D eigenvalue weighted by molar-refractivity contribution is -0.136. The lowest BCUT2D eigenvalue weighted by Gasteiger charge is -2.14. The van der Waals surface area contributed by atoms with Crippen molar-refractivity contribution in [3.63, 3.8) is 0 Å². The summed E-state index contributed by atoms with van der Waals surface area (Å²) in [5.74, 6) is 0.0965. The van der Waals surface area contributed by atoms with Gasteiger partial charge < -0.3 is 14.6 Å². The topological polar surface area (TPSA) is 76.1 Å². The van der Waals surface area contributed by atoms with Crippen molar-refractivity contribution in [3.8, 4) is 11.5 Å². The SMILES string of the molecule is COc1ccc(/C=C2\SC(=S)N(c3ccc(CC(=O)O)cc3)C2=O)c(OC)c1. The van der Waals surface area contributed by atoms with Crippen molar-refractivity contribution in [2.45, 2.75) is 6.42 Å². The third-order valence-corrected chi connectivity index (χ3v) is 5.37. The Hall–Kier alpha value is -2.84. The van der Waals surface area contributed by atoms with Crippen LogP contribution in [0.1, 0.15) is 11.1 Å². The molecule has 2 aromatic carbocycles. The van der Waals surface area contributed by atoms with Gasteiger partial charge in [-0.3, -0.25) is 14.5 Å². The van der Waals surface area contributed by atoms with Gasteiger partial charge in [-0.1, -0.05) is 36.1 Å². The van der Waals surface area contributed by atoms with Crippen LogP contribution in [0.4, 0.5) is 5.69 Å². The molecule has 0 aromatic heterocycles. The number of ether oxygens (including phenoxy) is 2. The molecule has 0 aliphatic carbocycles. The Morgan fingerprint density at radius 3 is 2.50 bits per heavy atom. The van der Waals surface area contributed by atoms with Gasteiger partial charge in [0.15, 0.2) is 4.32 Å². The van der Waals surface area contributed by atoms with Gasteiger partial charge in [-0.2, -0.15) is 0 Å². The molecule has 0 atom stereocenters. The Morgan fingerprint density at radius 1 is 1.18 bits per heavy atom. The number of hydrogen-bond donors (Lipinski definition) is 1. The average Bonchev–Trinajstić information content (AvgIpc) is 2.95. The first-order valence-corrected chi connectivity index (χ1v) is 9.46. The molecule has 28 heavy (non-hydrogen) atoms. The van der Waals surface area contributed by atoms with Crippen LogP contribution in [0.3, 0.4) is 0 Å². The van der Waals surface area contributed by atoms with Crippen LogP contribution >= 0.6 is 24.0 Å². The summed E-state index contributed by atoms with van der Waals surface area (Å²) in [4.78, 5) is 25.6. The number of thioether (sulfide) groups is 1. The third kappa shape index (κ3) is 4.18. The number of aliphatic carboxylic acids is 1. The minimum absolute atomic E-state index is 0.0736. The number of carbonyl (C=O) groups is 2.